The van der Waals surface area contributed by atoms with E-state index in [9.17, 15) is 22.8 Å². The lowest BCUT2D eigenvalue weighted by Crippen LogP contribution is -2.63. The summed E-state index contributed by atoms with van der Waals surface area (Å²) in [5.74, 6) is -3.66. The van der Waals surface area contributed by atoms with Crippen LogP contribution in [0.3, 0.4) is 0 Å². The fourth-order valence-electron chi connectivity index (χ4n) is 1.80. The number of carboxylic acids is 1. The van der Waals surface area contributed by atoms with E-state index < -0.39 is 29.5 Å². The van der Waals surface area contributed by atoms with Crippen LogP contribution in [0.4, 0.5) is 13.2 Å². The summed E-state index contributed by atoms with van der Waals surface area (Å²) in [5.41, 5.74) is -3.26. The molecule has 3 atom stereocenters. The minimum Gasteiger partial charge on any atom is -0.479 e. The number of amides is 1. The van der Waals surface area contributed by atoms with E-state index in [1.54, 1.807) is 12.2 Å². The predicted octanol–water partition coefficient (Wildman–Crippen LogP) is 0.506. The molecule has 1 saturated heterocycles. The third kappa shape index (κ3) is 2.58. The number of hydrogen-bond acceptors (Lipinski definition) is 3. The Bertz CT molecular complexity index is 359. The van der Waals surface area contributed by atoms with Crippen LogP contribution in [0.2, 0.25) is 0 Å². The largest absolute Gasteiger partial charge is 0.479 e. The maximum Gasteiger partial charge on any atom is 0.422 e. The maximum absolute atomic E-state index is 12.7. The van der Waals surface area contributed by atoms with Gasteiger partial charge < -0.3 is 15.7 Å². The smallest absolute Gasteiger partial charge is 0.422 e. The summed E-state index contributed by atoms with van der Waals surface area (Å²) in [6, 6.07) is -0.267. The molecule has 1 aliphatic heterocycles. The zero-order valence-corrected chi connectivity index (χ0v) is 9.97. The minimum atomic E-state index is -5.05. The molecular weight excluding hydrogens is 253 g/mol. The van der Waals surface area contributed by atoms with Gasteiger partial charge in [0.25, 0.3) is 0 Å². The van der Waals surface area contributed by atoms with Crippen molar-refractivity contribution in [1.29, 1.82) is 0 Å². The molecule has 3 N–H and O–H groups in total. The second-order valence-electron chi connectivity index (χ2n) is 4.56. The molecule has 0 bridgehead atoms. The van der Waals surface area contributed by atoms with Crippen molar-refractivity contribution in [2.75, 3.05) is 6.54 Å². The highest BCUT2D eigenvalue weighted by molar-refractivity contribution is 5.89. The molecule has 0 aromatic rings. The van der Waals surface area contributed by atoms with Crippen LogP contribution >= 0.6 is 0 Å². The van der Waals surface area contributed by atoms with Crippen molar-refractivity contribution in [3.05, 3.63) is 0 Å². The Balaban J connectivity index is 2.86. The zero-order valence-electron chi connectivity index (χ0n) is 9.97. The van der Waals surface area contributed by atoms with Gasteiger partial charge >= 0.3 is 12.1 Å². The highest BCUT2D eigenvalue weighted by Crippen LogP contribution is 2.31. The number of carboxylic acid groups (broad SMARTS) is 1. The van der Waals surface area contributed by atoms with E-state index in [1.165, 1.54) is 0 Å². The molecule has 0 radical (unpaired) electrons. The van der Waals surface area contributed by atoms with Gasteiger partial charge in [0.15, 0.2) is 0 Å². The Morgan fingerprint density at radius 1 is 1.39 bits per heavy atom. The van der Waals surface area contributed by atoms with E-state index in [0.717, 1.165) is 0 Å². The number of halogens is 3. The summed E-state index contributed by atoms with van der Waals surface area (Å²) in [4.78, 5) is 22.5. The molecule has 3 unspecified atom stereocenters. The van der Waals surface area contributed by atoms with Crippen molar-refractivity contribution in [3.8, 4) is 0 Å². The quantitative estimate of drug-likeness (QED) is 0.696. The van der Waals surface area contributed by atoms with Gasteiger partial charge in [-0.3, -0.25) is 4.79 Å². The fourth-order valence-corrected chi connectivity index (χ4v) is 1.80. The summed E-state index contributed by atoms with van der Waals surface area (Å²) in [6.07, 6.45) is -4.66. The number of aliphatic carboxylic acids is 1. The van der Waals surface area contributed by atoms with Gasteiger partial charge in [0.2, 0.25) is 11.4 Å². The summed E-state index contributed by atoms with van der Waals surface area (Å²) in [7, 11) is 0. The van der Waals surface area contributed by atoms with Crippen molar-refractivity contribution in [1.82, 2.24) is 10.6 Å². The molecule has 1 heterocycles. The number of carbonyl (C=O) groups excluding carboxylic acids is 1. The lowest BCUT2D eigenvalue weighted by molar-refractivity contribution is -0.207. The van der Waals surface area contributed by atoms with Gasteiger partial charge in [-0.2, -0.15) is 13.2 Å². The average Bonchev–Trinajstić information content (AvgIpc) is 2.62. The maximum atomic E-state index is 12.7. The number of carbonyl (C=O) groups is 2. The summed E-state index contributed by atoms with van der Waals surface area (Å²) in [5, 5.41) is 13.2. The van der Waals surface area contributed by atoms with Crippen LogP contribution in [0, 0.1) is 5.92 Å². The molecular formula is C10H15F3N2O3. The number of nitrogens with one attached hydrogen (secondary N) is 2. The van der Waals surface area contributed by atoms with Crippen molar-refractivity contribution >= 4 is 11.9 Å². The first-order chi connectivity index (χ1) is 8.09. The number of hydrogen-bond donors (Lipinski definition) is 3. The Morgan fingerprint density at radius 3 is 2.28 bits per heavy atom. The topological polar surface area (TPSA) is 78.4 Å². The van der Waals surface area contributed by atoms with Crippen molar-refractivity contribution in [2.45, 2.75) is 38.0 Å². The van der Waals surface area contributed by atoms with Gasteiger partial charge in [0, 0.05) is 6.04 Å². The van der Waals surface area contributed by atoms with E-state index >= 15 is 0 Å². The first kappa shape index (κ1) is 14.7. The van der Waals surface area contributed by atoms with Crippen LogP contribution in [0.1, 0.15) is 20.3 Å². The highest BCUT2D eigenvalue weighted by Gasteiger charge is 2.59. The minimum absolute atomic E-state index is 0.267. The Morgan fingerprint density at radius 2 is 1.94 bits per heavy atom. The molecule has 1 fully saturated rings. The Labute approximate surface area is 102 Å². The van der Waals surface area contributed by atoms with Crippen LogP contribution in [0.25, 0.3) is 0 Å². The summed E-state index contributed by atoms with van der Waals surface area (Å²) >= 11 is 0. The molecule has 5 nitrogen and oxygen atoms in total. The van der Waals surface area contributed by atoms with Gasteiger partial charge in [-0.1, -0.05) is 0 Å². The second kappa shape index (κ2) is 4.75. The van der Waals surface area contributed by atoms with E-state index in [0.29, 0.717) is 19.9 Å². The monoisotopic (exact) mass is 268 g/mol. The molecule has 1 aliphatic rings. The molecule has 0 spiro atoms. The first-order valence-corrected chi connectivity index (χ1v) is 5.45. The van der Waals surface area contributed by atoms with Crippen molar-refractivity contribution < 1.29 is 27.9 Å². The van der Waals surface area contributed by atoms with E-state index in [4.69, 9.17) is 5.11 Å². The average molecular weight is 268 g/mol. The van der Waals surface area contributed by atoms with E-state index in [1.807, 2.05) is 0 Å². The van der Waals surface area contributed by atoms with Gasteiger partial charge in [-0.05, 0) is 26.8 Å². The van der Waals surface area contributed by atoms with Gasteiger partial charge in [0.1, 0.15) is 0 Å². The molecule has 8 heteroatoms. The van der Waals surface area contributed by atoms with E-state index in [-0.39, 0.29) is 6.04 Å². The molecule has 1 amide bonds. The highest BCUT2D eigenvalue weighted by atomic mass is 19.4. The van der Waals surface area contributed by atoms with Gasteiger partial charge in [0.05, 0.1) is 5.92 Å². The van der Waals surface area contributed by atoms with Crippen LogP contribution in [-0.4, -0.2) is 41.3 Å². The lowest BCUT2D eigenvalue weighted by Gasteiger charge is -2.30. The van der Waals surface area contributed by atoms with Crippen LogP contribution in [0.5, 0.6) is 0 Å². The molecule has 1 rings (SSSR count). The predicted molar refractivity (Wildman–Crippen MR) is 55.8 cm³/mol. The molecule has 18 heavy (non-hydrogen) atoms. The number of alkyl halides is 3. The van der Waals surface area contributed by atoms with Gasteiger partial charge in [-0.15, -0.1) is 0 Å². The lowest BCUT2D eigenvalue weighted by atomic mass is 9.96. The normalized spacial score (nSPS) is 27.6. The van der Waals surface area contributed by atoms with Crippen LogP contribution < -0.4 is 10.6 Å². The molecule has 104 valence electrons. The third-order valence-corrected chi connectivity index (χ3v) is 3.23. The Hall–Kier alpha value is -1.31. The Kier molecular flexibility index (Phi) is 3.89. The van der Waals surface area contributed by atoms with Crippen molar-refractivity contribution in [2.24, 2.45) is 5.92 Å². The second-order valence-corrected chi connectivity index (χ2v) is 4.56. The van der Waals surface area contributed by atoms with Gasteiger partial charge in [-0.25, -0.2) is 4.79 Å². The zero-order chi connectivity index (χ0) is 14.1. The molecule has 0 aliphatic carbocycles. The van der Waals surface area contributed by atoms with Crippen LogP contribution in [0.15, 0.2) is 0 Å². The van der Waals surface area contributed by atoms with Crippen molar-refractivity contribution in [3.63, 3.8) is 0 Å². The first-order valence-electron chi connectivity index (χ1n) is 5.45. The summed E-state index contributed by atoms with van der Waals surface area (Å²) in [6.45, 7) is 2.64. The van der Waals surface area contributed by atoms with E-state index in [2.05, 4.69) is 5.32 Å². The molecule has 0 aromatic heterocycles. The molecule has 0 saturated carbocycles. The standard InChI is InChI=1S/C10H15F3N2O3/c1-5-6(3-4-14-5)7(16)15-9(2,8(17)18)10(11,12)13/h5-6,14H,3-4H2,1-2H3,(H,15,16)(H,17,18). The third-order valence-electron chi connectivity index (χ3n) is 3.23. The van der Waals surface area contributed by atoms with Crippen LogP contribution in [-0.2, 0) is 9.59 Å². The number of rotatable bonds is 3. The molecule has 0 aromatic carbocycles. The summed E-state index contributed by atoms with van der Waals surface area (Å²) < 4.78 is 38.1. The SMILES string of the molecule is CC1NCCC1C(=O)NC(C)(C(=O)O)C(F)(F)F. The fraction of sp³-hybridized carbons (Fsp3) is 0.800.